The van der Waals surface area contributed by atoms with E-state index in [1.807, 2.05) is 23.7 Å². The summed E-state index contributed by atoms with van der Waals surface area (Å²) in [6, 6.07) is 3.43. The molecule has 0 spiro atoms. The van der Waals surface area contributed by atoms with Crippen molar-refractivity contribution in [1.82, 2.24) is 25.5 Å². The highest BCUT2D eigenvalue weighted by atomic mass is 32.1. The SMILES string of the molecule is O=C(CN1CCC(c2cnc[nH]2)CC1)NC(=O)NCc1cccs1. The maximum absolute atomic E-state index is 12.0. The van der Waals surface area contributed by atoms with Crippen LogP contribution < -0.4 is 10.6 Å². The number of nitrogens with one attached hydrogen (secondary N) is 3. The topological polar surface area (TPSA) is 90.1 Å². The average Bonchev–Trinajstić information content (AvgIpc) is 3.27. The molecule has 0 saturated carbocycles. The van der Waals surface area contributed by atoms with Gasteiger partial charge in [-0.25, -0.2) is 9.78 Å². The Morgan fingerprint density at radius 3 is 2.88 bits per heavy atom. The lowest BCUT2D eigenvalue weighted by Crippen LogP contribution is -2.45. The summed E-state index contributed by atoms with van der Waals surface area (Å²) in [4.78, 5) is 34.0. The molecule has 0 bridgehead atoms. The molecule has 128 valence electrons. The number of amides is 3. The molecule has 3 N–H and O–H groups in total. The summed E-state index contributed by atoms with van der Waals surface area (Å²) in [6.07, 6.45) is 5.54. The number of nitrogens with zero attached hydrogens (tertiary/aromatic N) is 2. The highest BCUT2D eigenvalue weighted by Crippen LogP contribution is 2.25. The third kappa shape index (κ3) is 4.65. The minimum atomic E-state index is -0.444. The number of carbonyl (C=O) groups is 2. The number of likely N-dealkylation sites (tertiary alicyclic amines) is 1. The zero-order chi connectivity index (χ0) is 16.8. The van der Waals surface area contributed by atoms with Crippen LogP contribution in [0.5, 0.6) is 0 Å². The van der Waals surface area contributed by atoms with E-state index in [1.54, 1.807) is 17.7 Å². The van der Waals surface area contributed by atoms with Crippen LogP contribution in [0.25, 0.3) is 0 Å². The third-order valence-electron chi connectivity index (χ3n) is 4.17. The van der Waals surface area contributed by atoms with Gasteiger partial charge in [0.15, 0.2) is 0 Å². The molecule has 1 aliphatic heterocycles. The van der Waals surface area contributed by atoms with E-state index in [-0.39, 0.29) is 12.5 Å². The van der Waals surface area contributed by atoms with Crippen molar-refractivity contribution in [2.45, 2.75) is 25.3 Å². The average molecular weight is 347 g/mol. The van der Waals surface area contributed by atoms with E-state index in [0.717, 1.165) is 36.5 Å². The van der Waals surface area contributed by atoms with Gasteiger partial charge >= 0.3 is 6.03 Å². The number of imide groups is 1. The Labute approximate surface area is 144 Å². The molecule has 3 amide bonds. The number of carbonyl (C=O) groups excluding carboxylic acids is 2. The molecule has 1 aliphatic rings. The third-order valence-corrected chi connectivity index (χ3v) is 5.05. The van der Waals surface area contributed by atoms with Gasteiger partial charge in [-0.1, -0.05) is 6.07 Å². The highest BCUT2D eigenvalue weighted by molar-refractivity contribution is 7.09. The lowest BCUT2D eigenvalue weighted by molar-refractivity contribution is -0.121. The number of hydrogen-bond donors (Lipinski definition) is 3. The summed E-state index contributed by atoms with van der Waals surface area (Å²) in [6.45, 7) is 2.37. The van der Waals surface area contributed by atoms with Crippen LogP contribution in [0.3, 0.4) is 0 Å². The summed E-state index contributed by atoms with van der Waals surface area (Å²) in [7, 11) is 0. The molecule has 0 aliphatic carbocycles. The monoisotopic (exact) mass is 347 g/mol. The molecular weight excluding hydrogens is 326 g/mol. The van der Waals surface area contributed by atoms with E-state index in [0.29, 0.717) is 12.5 Å². The minimum Gasteiger partial charge on any atom is -0.348 e. The van der Waals surface area contributed by atoms with E-state index in [2.05, 4.69) is 25.5 Å². The Morgan fingerprint density at radius 1 is 1.38 bits per heavy atom. The smallest absolute Gasteiger partial charge is 0.321 e. The quantitative estimate of drug-likeness (QED) is 0.767. The van der Waals surface area contributed by atoms with Crippen LogP contribution in [0, 0.1) is 0 Å². The lowest BCUT2D eigenvalue weighted by Gasteiger charge is -2.30. The Balaban J connectivity index is 1.35. The highest BCUT2D eigenvalue weighted by Gasteiger charge is 2.23. The predicted molar refractivity (Wildman–Crippen MR) is 91.7 cm³/mol. The first-order valence-electron chi connectivity index (χ1n) is 8.01. The van der Waals surface area contributed by atoms with Gasteiger partial charge in [0, 0.05) is 22.7 Å². The number of aromatic amines is 1. The summed E-state index contributed by atoms with van der Waals surface area (Å²) in [5.41, 5.74) is 1.16. The van der Waals surface area contributed by atoms with Gasteiger partial charge in [0.1, 0.15) is 0 Å². The second-order valence-corrected chi connectivity index (χ2v) is 6.90. The molecule has 0 unspecified atom stereocenters. The van der Waals surface area contributed by atoms with Crippen LogP contribution in [0.15, 0.2) is 30.0 Å². The molecule has 2 aromatic heterocycles. The first kappa shape index (κ1) is 16.7. The van der Waals surface area contributed by atoms with Gasteiger partial charge < -0.3 is 10.3 Å². The number of aromatic nitrogens is 2. The Bertz CT molecular complexity index is 648. The molecule has 8 heteroatoms. The van der Waals surface area contributed by atoms with Crippen molar-refractivity contribution in [2.75, 3.05) is 19.6 Å². The Hall–Kier alpha value is -2.19. The summed E-state index contributed by atoms with van der Waals surface area (Å²) in [5, 5.41) is 7.03. The fourth-order valence-electron chi connectivity index (χ4n) is 2.89. The van der Waals surface area contributed by atoms with Crippen molar-refractivity contribution in [3.8, 4) is 0 Å². The number of thiophene rings is 1. The first-order chi connectivity index (χ1) is 11.7. The van der Waals surface area contributed by atoms with E-state index in [4.69, 9.17) is 0 Å². The molecule has 0 aromatic carbocycles. The minimum absolute atomic E-state index is 0.252. The number of piperidine rings is 1. The van der Waals surface area contributed by atoms with Crippen LogP contribution >= 0.6 is 11.3 Å². The standard InChI is InChI=1S/C16H21N5O2S/c22-15(20-16(23)18-8-13-2-1-7-24-13)10-21-5-3-12(4-6-21)14-9-17-11-19-14/h1-2,7,9,11-12H,3-6,8,10H2,(H,17,19)(H2,18,20,22,23). The molecular formula is C16H21N5O2S. The summed E-state index contributed by atoms with van der Waals surface area (Å²) in [5.74, 6) is 0.208. The van der Waals surface area contributed by atoms with Crippen molar-refractivity contribution >= 4 is 23.3 Å². The van der Waals surface area contributed by atoms with Crippen LogP contribution in [0.4, 0.5) is 4.79 Å². The van der Waals surface area contributed by atoms with Crippen LogP contribution in [0.2, 0.25) is 0 Å². The normalized spacial score (nSPS) is 16.0. The maximum Gasteiger partial charge on any atom is 0.321 e. The number of rotatable bonds is 5. The Kier molecular flexibility index (Phi) is 5.60. The lowest BCUT2D eigenvalue weighted by atomic mass is 9.94. The van der Waals surface area contributed by atoms with Crippen molar-refractivity contribution in [3.63, 3.8) is 0 Å². The van der Waals surface area contributed by atoms with E-state index in [1.165, 1.54) is 0 Å². The fraction of sp³-hybridized carbons (Fsp3) is 0.438. The summed E-state index contributed by atoms with van der Waals surface area (Å²) >= 11 is 1.57. The maximum atomic E-state index is 12.0. The van der Waals surface area contributed by atoms with Gasteiger partial charge in [0.25, 0.3) is 0 Å². The van der Waals surface area contributed by atoms with Crippen LogP contribution in [0.1, 0.15) is 29.3 Å². The van der Waals surface area contributed by atoms with Crippen molar-refractivity contribution in [3.05, 3.63) is 40.6 Å². The molecule has 1 saturated heterocycles. The molecule has 1 fully saturated rings. The molecule has 24 heavy (non-hydrogen) atoms. The van der Waals surface area contributed by atoms with Crippen LogP contribution in [-0.4, -0.2) is 46.4 Å². The van der Waals surface area contributed by atoms with Crippen molar-refractivity contribution < 1.29 is 9.59 Å². The largest absolute Gasteiger partial charge is 0.348 e. The number of urea groups is 1. The molecule has 3 rings (SSSR count). The van der Waals surface area contributed by atoms with E-state index < -0.39 is 6.03 Å². The fourth-order valence-corrected chi connectivity index (χ4v) is 3.53. The van der Waals surface area contributed by atoms with Crippen molar-refractivity contribution in [2.24, 2.45) is 0 Å². The molecule has 0 atom stereocenters. The second-order valence-electron chi connectivity index (χ2n) is 5.87. The molecule has 0 radical (unpaired) electrons. The zero-order valence-electron chi connectivity index (χ0n) is 13.3. The van der Waals surface area contributed by atoms with Gasteiger partial charge in [-0.3, -0.25) is 15.0 Å². The number of imidazole rings is 1. The van der Waals surface area contributed by atoms with Gasteiger partial charge in [-0.15, -0.1) is 11.3 Å². The van der Waals surface area contributed by atoms with Gasteiger partial charge in [0.2, 0.25) is 5.91 Å². The predicted octanol–water partition coefficient (Wildman–Crippen LogP) is 1.68. The second kappa shape index (κ2) is 8.07. The van der Waals surface area contributed by atoms with Gasteiger partial charge in [0.05, 0.1) is 19.4 Å². The van der Waals surface area contributed by atoms with E-state index in [9.17, 15) is 9.59 Å². The zero-order valence-corrected chi connectivity index (χ0v) is 14.1. The Morgan fingerprint density at radius 2 is 2.21 bits per heavy atom. The number of H-pyrrole nitrogens is 1. The molecule has 2 aromatic rings. The first-order valence-corrected chi connectivity index (χ1v) is 8.89. The van der Waals surface area contributed by atoms with E-state index >= 15 is 0 Å². The number of hydrogen-bond acceptors (Lipinski definition) is 5. The van der Waals surface area contributed by atoms with Crippen molar-refractivity contribution in [1.29, 1.82) is 0 Å². The van der Waals surface area contributed by atoms with Gasteiger partial charge in [-0.05, 0) is 37.4 Å². The molecule has 3 heterocycles. The van der Waals surface area contributed by atoms with Crippen LogP contribution in [-0.2, 0) is 11.3 Å². The molecule has 7 nitrogen and oxygen atoms in total. The van der Waals surface area contributed by atoms with Gasteiger partial charge in [-0.2, -0.15) is 0 Å². The summed E-state index contributed by atoms with van der Waals surface area (Å²) < 4.78 is 0.